The van der Waals surface area contributed by atoms with Crippen LogP contribution in [0, 0.1) is 0 Å². The minimum Gasteiger partial charge on any atom is -0.496 e. The number of fused-ring (bicyclic) bond motifs is 1. The van der Waals surface area contributed by atoms with E-state index >= 15 is 0 Å². The van der Waals surface area contributed by atoms with E-state index in [9.17, 15) is 19.5 Å². The van der Waals surface area contributed by atoms with Gasteiger partial charge < -0.3 is 24.0 Å². The van der Waals surface area contributed by atoms with Crippen LogP contribution in [-0.4, -0.2) is 77.9 Å². The maximum atomic E-state index is 13.5. The maximum Gasteiger partial charge on any atom is 0.337 e. The SMILES string of the molecule is COC(=O)c1ccc(CN2CCc3c(C(=O)N4CCC[C@@H](O)C4)c(OC)cc(=O)n3CC2)cc1. The number of pyridine rings is 1. The Balaban J connectivity index is 1.56. The number of β-amino-alcohol motifs (C(OH)–C–C–N with tert-alkyl or cyclic N) is 1. The number of amides is 1. The lowest BCUT2D eigenvalue weighted by atomic mass is 10.0. The lowest BCUT2D eigenvalue weighted by Gasteiger charge is -2.31. The molecular weight excluding hydrogens is 438 g/mol. The van der Waals surface area contributed by atoms with E-state index in [0.29, 0.717) is 62.4 Å². The molecule has 34 heavy (non-hydrogen) atoms. The molecule has 0 saturated carbocycles. The van der Waals surface area contributed by atoms with E-state index in [-0.39, 0.29) is 29.7 Å². The highest BCUT2D eigenvalue weighted by Gasteiger charge is 2.30. The summed E-state index contributed by atoms with van der Waals surface area (Å²) in [6.45, 7) is 3.28. The number of carbonyl (C=O) groups is 2. The predicted molar refractivity (Wildman–Crippen MR) is 125 cm³/mol. The van der Waals surface area contributed by atoms with Crippen molar-refractivity contribution in [3.63, 3.8) is 0 Å². The molecule has 0 bridgehead atoms. The normalized spacial score (nSPS) is 18.7. The highest BCUT2D eigenvalue weighted by molar-refractivity contribution is 5.98. The zero-order valence-electron chi connectivity index (χ0n) is 19.7. The van der Waals surface area contributed by atoms with Crippen LogP contribution in [0.15, 0.2) is 35.1 Å². The number of benzene rings is 1. The molecule has 1 atom stereocenters. The molecular formula is C25H31N3O6. The number of aliphatic hydroxyl groups is 1. The van der Waals surface area contributed by atoms with Crippen LogP contribution in [0.5, 0.6) is 5.75 Å². The van der Waals surface area contributed by atoms with Crippen molar-refractivity contribution in [3.8, 4) is 5.75 Å². The second-order valence-electron chi connectivity index (χ2n) is 8.79. The lowest BCUT2D eigenvalue weighted by Crippen LogP contribution is -2.43. The van der Waals surface area contributed by atoms with E-state index in [0.717, 1.165) is 12.0 Å². The number of hydrogen-bond acceptors (Lipinski definition) is 7. The molecule has 2 aliphatic heterocycles. The first-order chi connectivity index (χ1) is 16.4. The van der Waals surface area contributed by atoms with Crippen LogP contribution in [0.3, 0.4) is 0 Å². The van der Waals surface area contributed by atoms with E-state index in [1.54, 1.807) is 21.6 Å². The maximum absolute atomic E-state index is 13.5. The summed E-state index contributed by atoms with van der Waals surface area (Å²) >= 11 is 0. The first-order valence-electron chi connectivity index (χ1n) is 11.6. The number of piperidine rings is 1. The van der Waals surface area contributed by atoms with Crippen molar-refractivity contribution in [2.75, 3.05) is 40.4 Å². The molecule has 1 amide bonds. The Bertz CT molecular complexity index is 1110. The van der Waals surface area contributed by atoms with Gasteiger partial charge in [0, 0.05) is 57.4 Å². The lowest BCUT2D eigenvalue weighted by molar-refractivity contribution is 0.0469. The van der Waals surface area contributed by atoms with Gasteiger partial charge in [-0.05, 0) is 30.5 Å². The summed E-state index contributed by atoms with van der Waals surface area (Å²) in [5, 5.41) is 10.1. The molecule has 4 rings (SSSR count). The molecule has 1 saturated heterocycles. The van der Waals surface area contributed by atoms with Crippen molar-refractivity contribution < 1.29 is 24.2 Å². The third-order valence-corrected chi connectivity index (χ3v) is 6.58. The van der Waals surface area contributed by atoms with Gasteiger partial charge >= 0.3 is 5.97 Å². The molecule has 9 nitrogen and oxygen atoms in total. The molecule has 1 aromatic heterocycles. The van der Waals surface area contributed by atoms with Gasteiger partial charge in [-0.15, -0.1) is 0 Å². The summed E-state index contributed by atoms with van der Waals surface area (Å²) < 4.78 is 11.9. The van der Waals surface area contributed by atoms with Gasteiger partial charge in [0.2, 0.25) is 0 Å². The van der Waals surface area contributed by atoms with Crippen LogP contribution in [0.25, 0.3) is 0 Å². The van der Waals surface area contributed by atoms with Crippen molar-refractivity contribution >= 4 is 11.9 Å². The van der Waals surface area contributed by atoms with Crippen LogP contribution in [0.1, 0.15) is 44.8 Å². The summed E-state index contributed by atoms with van der Waals surface area (Å²) in [4.78, 5) is 41.9. The highest BCUT2D eigenvalue weighted by Crippen LogP contribution is 2.26. The fourth-order valence-electron chi connectivity index (χ4n) is 4.76. The fraction of sp³-hybridized carbons (Fsp3) is 0.480. The molecule has 1 N–H and O–H groups in total. The second kappa shape index (κ2) is 10.4. The Hall–Kier alpha value is -3.17. The van der Waals surface area contributed by atoms with Crippen LogP contribution in [-0.2, 0) is 24.2 Å². The third-order valence-electron chi connectivity index (χ3n) is 6.58. The molecule has 2 aliphatic rings. The van der Waals surface area contributed by atoms with Gasteiger partial charge in [-0.25, -0.2) is 4.79 Å². The van der Waals surface area contributed by atoms with Crippen LogP contribution in [0.4, 0.5) is 0 Å². The molecule has 3 heterocycles. The number of hydrogen-bond donors (Lipinski definition) is 1. The fourth-order valence-corrected chi connectivity index (χ4v) is 4.76. The summed E-state index contributed by atoms with van der Waals surface area (Å²) in [5.74, 6) is -0.289. The number of carbonyl (C=O) groups excluding carboxylic acids is 2. The predicted octanol–water partition coefficient (Wildman–Crippen LogP) is 1.30. The molecule has 0 unspecified atom stereocenters. The van der Waals surface area contributed by atoms with E-state index in [4.69, 9.17) is 9.47 Å². The van der Waals surface area contributed by atoms with Crippen molar-refractivity contribution in [3.05, 3.63) is 63.1 Å². The van der Waals surface area contributed by atoms with Gasteiger partial charge in [0.25, 0.3) is 11.5 Å². The van der Waals surface area contributed by atoms with Crippen molar-refractivity contribution in [1.82, 2.24) is 14.4 Å². The zero-order valence-corrected chi connectivity index (χ0v) is 19.7. The van der Waals surface area contributed by atoms with Gasteiger partial charge in [0.15, 0.2) is 0 Å². The highest BCUT2D eigenvalue weighted by atomic mass is 16.5. The average Bonchev–Trinajstić information content (AvgIpc) is 3.06. The van der Waals surface area contributed by atoms with Gasteiger partial charge in [0.05, 0.1) is 25.9 Å². The average molecular weight is 470 g/mol. The zero-order chi connectivity index (χ0) is 24.2. The minimum atomic E-state index is -0.533. The molecule has 0 spiro atoms. The van der Waals surface area contributed by atoms with E-state index in [1.165, 1.54) is 20.3 Å². The van der Waals surface area contributed by atoms with Crippen molar-refractivity contribution in [1.29, 1.82) is 0 Å². The Morgan fingerprint density at radius 2 is 1.85 bits per heavy atom. The van der Waals surface area contributed by atoms with Crippen molar-refractivity contribution in [2.24, 2.45) is 0 Å². The first kappa shape index (κ1) is 24.0. The Kier molecular flexibility index (Phi) is 7.33. The number of methoxy groups -OCH3 is 2. The minimum absolute atomic E-state index is 0.189. The first-order valence-corrected chi connectivity index (χ1v) is 11.6. The number of esters is 1. The van der Waals surface area contributed by atoms with E-state index in [2.05, 4.69) is 4.90 Å². The monoisotopic (exact) mass is 469 g/mol. The number of aromatic nitrogens is 1. The molecule has 2 aromatic rings. The summed E-state index contributed by atoms with van der Waals surface area (Å²) in [6, 6.07) is 8.67. The third kappa shape index (κ3) is 5.00. The number of rotatable bonds is 5. The standard InChI is InChI=1S/C25H31N3O6/c1-33-21-14-22(30)28-13-12-26(15-17-5-7-18(8-6-17)25(32)34-2)11-9-20(28)23(21)24(31)27-10-3-4-19(29)16-27/h5-8,14,19,29H,3-4,9-13,15-16H2,1-2H3/t19-/m1/s1. The molecule has 1 fully saturated rings. The molecule has 182 valence electrons. The molecule has 0 aliphatic carbocycles. The Labute approximate surface area is 198 Å². The summed E-state index contributed by atoms with van der Waals surface area (Å²) in [7, 11) is 2.82. The Morgan fingerprint density at radius 3 is 2.53 bits per heavy atom. The second-order valence-corrected chi connectivity index (χ2v) is 8.79. The van der Waals surface area contributed by atoms with Gasteiger partial charge in [-0.2, -0.15) is 0 Å². The molecule has 1 aromatic carbocycles. The van der Waals surface area contributed by atoms with Crippen LogP contribution < -0.4 is 10.3 Å². The van der Waals surface area contributed by atoms with Crippen LogP contribution in [0.2, 0.25) is 0 Å². The largest absolute Gasteiger partial charge is 0.496 e. The number of aliphatic hydroxyl groups excluding tert-OH is 1. The van der Waals surface area contributed by atoms with Gasteiger partial charge in [-0.3, -0.25) is 14.5 Å². The van der Waals surface area contributed by atoms with E-state index < -0.39 is 6.10 Å². The smallest absolute Gasteiger partial charge is 0.337 e. The topological polar surface area (TPSA) is 101 Å². The Morgan fingerprint density at radius 1 is 1.09 bits per heavy atom. The number of likely N-dealkylation sites (tertiary alicyclic amines) is 1. The quantitative estimate of drug-likeness (QED) is 0.659. The van der Waals surface area contributed by atoms with Crippen LogP contribution >= 0.6 is 0 Å². The van der Waals surface area contributed by atoms with Gasteiger partial charge in [-0.1, -0.05) is 12.1 Å². The summed E-state index contributed by atoms with van der Waals surface area (Å²) in [6.07, 6.45) is 1.41. The van der Waals surface area contributed by atoms with Gasteiger partial charge in [0.1, 0.15) is 11.3 Å². The summed E-state index contributed by atoms with van der Waals surface area (Å²) in [5.41, 5.74) is 2.45. The van der Waals surface area contributed by atoms with E-state index in [1.807, 2.05) is 12.1 Å². The molecule has 0 radical (unpaired) electrons. The number of ether oxygens (including phenoxy) is 2. The number of nitrogens with zero attached hydrogens (tertiary/aromatic N) is 3. The van der Waals surface area contributed by atoms with Crippen molar-refractivity contribution in [2.45, 2.75) is 38.5 Å². The molecule has 9 heteroatoms.